The maximum absolute atomic E-state index is 7.29. The van der Waals surface area contributed by atoms with Crippen LogP contribution in [-0.4, -0.2) is 37.8 Å². The van der Waals surface area contributed by atoms with E-state index in [-0.39, 0.29) is 17.2 Å². The highest BCUT2D eigenvalue weighted by molar-refractivity contribution is 9.10. The summed E-state index contributed by atoms with van der Waals surface area (Å²) in [6.45, 7) is 15.5. The Morgan fingerprint density at radius 1 is 0.880 bits per heavy atom. The fourth-order valence-corrected chi connectivity index (χ4v) is 15.0. The Morgan fingerprint density at radius 2 is 1.44 bits per heavy atom. The van der Waals surface area contributed by atoms with E-state index in [0.29, 0.717) is 12.5 Å². The van der Waals surface area contributed by atoms with E-state index in [1.165, 1.54) is 15.9 Å². The lowest BCUT2D eigenvalue weighted by Crippen LogP contribution is -2.66. The number of nitrogens with zero attached hydrogens (tertiary/aromatic N) is 6. The normalized spacial score (nSPS) is 15.1. The average Bonchev–Trinajstić information content (AvgIpc) is 3.85. The fraction of sp³-hybridized carbons (Fsp3) is 0.333. The van der Waals surface area contributed by atoms with Gasteiger partial charge in [-0.15, -0.1) is 54.7 Å². The van der Waals surface area contributed by atoms with Crippen molar-refractivity contribution in [1.82, 2.24) is 29.5 Å². The zero-order valence-corrected chi connectivity index (χ0v) is 35.5. The molecular weight excluding hydrogens is 836 g/mol. The number of thiophene rings is 2. The van der Waals surface area contributed by atoms with Crippen LogP contribution >= 0.6 is 66.1 Å². The molecule has 0 fully saturated rings. The number of aromatic nitrogens is 6. The minimum absolute atomic E-state index is 0.0206. The van der Waals surface area contributed by atoms with Gasteiger partial charge in [0.15, 0.2) is 11.6 Å². The number of hydrogen-bond acceptors (Lipinski definition) is 8. The predicted octanol–water partition coefficient (Wildman–Crippen LogP) is 9.77. The molecule has 0 radical (unpaired) electrons. The molecule has 8 nitrogen and oxygen atoms in total. The highest BCUT2D eigenvalue weighted by atomic mass is 79.9. The fourth-order valence-electron chi connectivity index (χ4n) is 6.41. The maximum Gasteiger partial charge on any atom is 0.262 e. The quantitative estimate of drug-likeness (QED) is 0.118. The van der Waals surface area contributed by atoms with Crippen LogP contribution < -0.4 is 10.4 Å². The number of rotatable bonds is 7. The molecule has 0 saturated carbocycles. The monoisotopic (exact) mass is 872 g/mol. The molecule has 14 heteroatoms. The van der Waals surface area contributed by atoms with Gasteiger partial charge in [-0.3, -0.25) is 9.13 Å². The predicted molar refractivity (Wildman–Crippen MR) is 213 cm³/mol. The van der Waals surface area contributed by atoms with Crippen molar-refractivity contribution in [3.8, 4) is 10.0 Å². The minimum atomic E-state index is -2.74. The van der Waals surface area contributed by atoms with Crippen molar-refractivity contribution in [2.24, 2.45) is 0 Å². The second-order valence-electron chi connectivity index (χ2n) is 13.1. The van der Waals surface area contributed by atoms with Crippen molar-refractivity contribution in [3.63, 3.8) is 0 Å². The minimum Gasteiger partial charge on any atom is -0.397 e. The summed E-state index contributed by atoms with van der Waals surface area (Å²) in [5.74, 6) is 3.79. The first-order valence-corrected chi connectivity index (χ1v) is 22.0. The van der Waals surface area contributed by atoms with Crippen LogP contribution in [0.2, 0.25) is 5.04 Å². The van der Waals surface area contributed by atoms with Gasteiger partial charge in [0.25, 0.3) is 8.32 Å². The van der Waals surface area contributed by atoms with Crippen LogP contribution in [0.3, 0.4) is 0 Å². The number of halogens is 3. The molecule has 0 amide bonds. The molecule has 0 aliphatic carbocycles. The Hall–Kier alpha value is -2.49. The second kappa shape index (κ2) is 15.2. The molecule has 0 saturated heterocycles. The Kier molecular flexibility index (Phi) is 11.4. The molecule has 1 aliphatic rings. The van der Waals surface area contributed by atoms with Gasteiger partial charge in [-0.1, -0.05) is 81.4 Å². The number of ether oxygens (including phenoxy) is 1. The molecule has 0 bridgehead atoms. The molecular formula is C36H39Br2ClN6O2S2Si. The first-order chi connectivity index (χ1) is 23.9. The summed E-state index contributed by atoms with van der Waals surface area (Å²) >= 11 is 16.8. The van der Waals surface area contributed by atoms with Crippen LogP contribution in [0, 0.1) is 13.8 Å². The van der Waals surface area contributed by atoms with E-state index in [1.54, 1.807) is 22.7 Å². The van der Waals surface area contributed by atoms with E-state index in [4.69, 9.17) is 20.8 Å². The van der Waals surface area contributed by atoms with Gasteiger partial charge in [0.1, 0.15) is 33.9 Å². The molecule has 0 N–H and O–H groups in total. The van der Waals surface area contributed by atoms with Gasteiger partial charge < -0.3 is 9.16 Å². The van der Waals surface area contributed by atoms with E-state index in [9.17, 15) is 0 Å². The number of benzene rings is 2. The first-order valence-electron chi connectivity index (χ1n) is 16.2. The molecule has 50 heavy (non-hydrogen) atoms. The van der Waals surface area contributed by atoms with Crippen molar-refractivity contribution >= 4 is 84.8 Å². The topological polar surface area (TPSA) is 79.9 Å². The van der Waals surface area contributed by atoms with E-state index >= 15 is 0 Å². The third-order valence-corrected chi connectivity index (χ3v) is 18.3. The van der Waals surface area contributed by atoms with E-state index in [0.717, 1.165) is 47.8 Å². The molecule has 7 rings (SSSR count). The summed E-state index contributed by atoms with van der Waals surface area (Å²) in [6, 6.07) is 21.3. The summed E-state index contributed by atoms with van der Waals surface area (Å²) in [5.41, 5.74) is 2.21. The Balaban J connectivity index is 0.000000223. The molecule has 2 atom stereocenters. The third kappa shape index (κ3) is 6.87. The van der Waals surface area contributed by atoms with Crippen LogP contribution in [0.25, 0.3) is 10.0 Å². The van der Waals surface area contributed by atoms with Crippen LogP contribution in [0.5, 0.6) is 0 Å². The highest BCUT2D eigenvalue weighted by Crippen LogP contribution is 2.41. The van der Waals surface area contributed by atoms with Gasteiger partial charge in [-0.25, -0.2) is 0 Å². The number of fused-ring (bicyclic) bond motifs is 3. The van der Waals surface area contributed by atoms with Crippen molar-refractivity contribution in [2.75, 3.05) is 0 Å². The van der Waals surface area contributed by atoms with Crippen molar-refractivity contribution < 1.29 is 9.16 Å². The van der Waals surface area contributed by atoms with E-state index in [1.807, 2.05) is 20.8 Å². The number of hydrogen-bond donors (Lipinski definition) is 0. The zero-order valence-electron chi connectivity index (χ0n) is 28.9. The Labute approximate surface area is 324 Å². The molecule has 5 heterocycles. The van der Waals surface area contributed by atoms with E-state index < -0.39 is 8.32 Å². The average molecular weight is 875 g/mol. The molecule has 0 unspecified atom stereocenters. The van der Waals surface area contributed by atoms with Crippen molar-refractivity contribution in [3.05, 3.63) is 115 Å². The summed E-state index contributed by atoms with van der Waals surface area (Å²) < 4.78 is 19.3. The lowest BCUT2D eigenvalue weighted by Gasteiger charge is -2.44. The maximum atomic E-state index is 7.29. The summed E-state index contributed by atoms with van der Waals surface area (Å²) in [4.78, 5) is 0. The number of aryl methyl sites for hydroxylation is 2. The SMILES string of the molecule is Cc1nnc([C@H](C)O[Si](c2ccccc2)(c2ccccc2)C(C)(C)C)n1-c1scc(Br)c1CCl.Cc1nnc2n1-c1scc(Br)c1CO[C@H]2C. The second-order valence-corrected chi connectivity index (χ2v) is 21.1. The molecule has 2 aromatic carbocycles. The van der Waals surface area contributed by atoms with Gasteiger partial charge in [0, 0.05) is 30.8 Å². The van der Waals surface area contributed by atoms with E-state index in [2.05, 4.69) is 161 Å². The summed E-state index contributed by atoms with van der Waals surface area (Å²) in [5, 5.41) is 26.0. The number of alkyl halides is 1. The summed E-state index contributed by atoms with van der Waals surface area (Å²) in [6.07, 6.45) is -0.316. The summed E-state index contributed by atoms with van der Waals surface area (Å²) in [7, 11) is -2.74. The lowest BCUT2D eigenvalue weighted by atomic mass is 10.2. The van der Waals surface area contributed by atoms with Gasteiger partial charge in [0.2, 0.25) is 0 Å². The molecule has 4 aromatic heterocycles. The first kappa shape index (κ1) is 37.3. The Bertz CT molecular complexity index is 2040. The largest absolute Gasteiger partial charge is 0.397 e. The molecule has 0 spiro atoms. The molecule has 1 aliphatic heterocycles. The van der Waals surface area contributed by atoms with Crippen molar-refractivity contribution in [2.45, 2.75) is 78.2 Å². The smallest absolute Gasteiger partial charge is 0.262 e. The van der Waals surface area contributed by atoms with Gasteiger partial charge in [0.05, 0.1) is 12.5 Å². The van der Waals surface area contributed by atoms with Crippen LogP contribution in [0.4, 0.5) is 0 Å². The molecule has 262 valence electrons. The third-order valence-electron chi connectivity index (χ3n) is 8.86. The van der Waals surface area contributed by atoms with Gasteiger partial charge in [-0.2, -0.15) is 0 Å². The van der Waals surface area contributed by atoms with Crippen LogP contribution in [0.15, 0.2) is 80.4 Å². The van der Waals surface area contributed by atoms with Gasteiger partial charge >= 0.3 is 0 Å². The highest BCUT2D eigenvalue weighted by Gasteiger charge is 2.51. The van der Waals surface area contributed by atoms with Crippen LogP contribution in [0.1, 0.15) is 81.3 Å². The van der Waals surface area contributed by atoms with Gasteiger partial charge in [-0.05, 0) is 75.0 Å². The zero-order chi connectivity index (χ0) is 35.8. The van der Waals surface area contributed by atoms with Crippen LogP contribution in [-0.2, 0) is 21.6 Å². The standard InChI is InChI=1S/C26H29BrClN3OSSi.C10H10BrN3OS/c1-18(24-30-29-19(2)31(24)25-22(16-28)23(27)17-33-25)32-34(26(3,4)5,20-12-8-6-9-13-20)21-14-10-7-11-15-21;1-5-9-13-12-6(2)14(9)10-7(3-15-5)8(11)4-16-10/h6-15,17-18H,16H2,1-5H3;4-5H,3H2,1-2H3/t18-;5-/m00/s1. The lowest BCUT2D eigenvalue weighted by molar-refractivity contribution is 0.0494. The molecule has 6 aromatic rings. The Morgan fingerprint density at radius 3 is 2.04 bits per heavy atom. The van der Waals surface area contributed by atoms with Crippen molar-refractivity contribution in [1.29, 1.82) is 0 Å².